The second kappa shape index (κ2) is 6.59. The van der Waals surface area contributed by atoms with E-state index in [0.717, 1.165) is 10.7 Å². The molecule has 0 saturated carbocycles. The summed E-state index contributed by atoms with van der Waals surface area (Å²) < 4.78 is 32.9. The predicted molar refractivity (Wildman–Crippen MR) is 75.7 cm³/mol. The van der Waals surface area contributed by atoms with E-state index < -0.39 is 22.2 Å². The fourth-order valence-electron chi connectivity index (χ4n) is 2.51. The number of nitrogens with zero attached hydrogens (tertiary/aromatic N) is 2. The summed E-state index contributed by atoms with van der Waals surface area (Å²) in [5.41, 5.74) is 0. The maximum Gasteiger partial charge on any atom is 0.322 e. The summed E-state index contributed by atoms with van der Waals surface area (Å²) in [5.74, 6) is -0.559. The first-order chi connectivity index (χ1) is 9.96. The first-order valence-corrected chi connectivity index (χ1v) is 8.38. The van der Waals surface area contributed by atoms with Crippen molar-refractivity contribution < 1.29 is 22.7 Å². The van der Waals surface area contributed by atoms with Crippen molar-refractivity contribution in [2.45, 2.75) is 38.8 Å². The van der Waals surface area contributed by atoms with Crippen LogP contribution in [-0.4, -0.2) is 47.2 Å². The van der Waals surface area contributed by atoms with E-state index in [1.54, 1.807) is 19.1 Å². The number of hydrogen-bond donors (Lipinski definition) is 1. The molecule has 0 amide bonds. The Kier molecular flexibility index (Phi) is 5.02. The van der Waals surface area contributed by atoms with Crippen LogP contribution in [-0.2, 0) is 21.5 Å². The Labute approximate surface area is 124 Å². The van der Waals surface area contributed by atoms with Crippen LogP contribution in [0.5, 0.6) is 0 Å². The van der Waals surface area contributed by atoms with E-state index >= 15 is 0 Å². The second-order valence-corrected chi connectivity index (χ2v) is 6.85. The molecule has 7 nitrogen and oxygen atoms in total. The van der Waals surface area contributed by atoms with E-state index in [4.69, 9.17) is 4.42 Å². The standard InChI is InChI=1S/C13H20N2O5S/c1-2-14(10-11-6-5-9-20-11)21(18,19)15-8-4-3-7-12(15)13(16)17/h5-6,9,12H,2-4,7-8,10H2,1H3,(H,16,17). The van der Waals surface area contributed by atoms with Gasteiger partial charge in [-0.15, -0.1) is 0 Å². The Balaban J connectivity index is 2.22. The number of carboxylic acids is 1. The molecule has 8 heteroatoms. The van der Waals surface area contributed by atoms with Gasteiger partial charge < -0.3 is 9.52 Å². The highest BCUT2D eigenvalue weighted by atomic mass is 32.2. The lowest BCUT2D eigenvalue weighted by Gasteiger charge is -2.35. The van der Waals surface area contributed by atoms with E-state index in [9.17, 15) is 18.3 Å². The molecule has 0 bridgehead atoms. The van der Waals surface area contributed by atoms with Gasteiger partial charge in [-0.05, 0) is 31.4 Å². The molecule has 1 aliphatic rings. The summed E-state index contributed by atoms with van der Waals surface area (Å²) in [4.78, 5) is 11.3. The quantitative estimate of drug-likeness (QED) is 0.854. The summed E-state index contributed by atoms with van der Waals surface area (Å²) in [7, 11) is -3.82. The highest BCUT2D eigenvalue weighted by Gasteiger charge is 2.39. The minimum Gasteiger partial charge on any atom is -0.480 e. The third-order valence-electron chi connectivity index (χ3n) is 3.63. The monoisotopic (exact) mass is 316 g/mol. The van der Waals surface area contributed by atoms with Gasteiger partial charge in [0.05, 0.1) is 12.8 Å². The van der Waals surface area contributed by atoms with Gasteiger partial charge in [-0.1, -0.05) is 6.92 Å². The molecule has 1 N–H and O–H groups in total. The average Bonchev–Trinajstić information content (AvgIpc) is 2.97. The van der Waals surface area contributed by atoms with Gasteiger partial charge in [0.2, 0.25) is 0 Å². The molecule has 0 radical (unpaired) electrons. The highest BCUT2D eigenvalue weighted by Crippen LogP contribution is 2.24. The highest BCUT2D eigenvalue weighted by molar-refractivity contribution is 7.86. The molecule has 0 aromatic carbocycles. The van der Waals surface area contributed by atoms with Gasteiger partial charge in [-0.2, -0.15) is 17.0 Å². The molecule has 21 heavy (non-hydrogen) atoms. The fraction of sp³-hybridized carbons (Fsp3) is 0.615. The van der Waals surface area contributed by atoms with Crippen LogP contribution in [0, 0.1) is 0 Å². The van der Waals surface area contributed by atoms with Crippen molar-refractivity contribution in [1.29, 1.82) is 0 Å². The van der Waals surface area contributed by atoms with Gasteiger partial charge in [0.25, 0.3) is 10.2 Å². The summed E-state index contributed by atoms with van der Waals surface area (Å²) in [6.07, 6.45) is 3.25. The Morgan fingerprint density at radius 2 is 2.29 bits per heavy atom. The van der Waals surface area contributed by atoms with Crippen molar-refractivity contribution >= 4 is 16.2 Å². The number of carbonyl (C=O) groups is 1. The van der Waals surface area contributed by atoms with Crippen molar-refractivity contribution in [2.75, 3.05) is 13.1 Å². The number of carboxylic acid groups (broad SMARTS) is 1. The number of furan rings is 1. The molecule has 1 saturated heterocycles. The van der Waals surface area contributed by atoms with Crippen LogP contribution < -0.4 is 0 Å². The lowest BCUT2D eigenvalue weighted by Crippen LogP contribution is -2.53. The number of piperidine rings is 1. The Bertz CT molecular complexity index is 569. The Hall–Kier alpha value is -1.38. The van der Waals surface area contributed by atoms with Crippen molar-refractivity contribution in [3.63, 3.8) is 0 Å². The lowest BCUT2D eigenvalue weighted by atomic mass is 10.1. The van der Waals surface area contributed by atoms with Crippen molar-refractivity contribution in [3.8, 4) is 0 Å². The van der Waals surface area contributed by atoms with E-state index in [-0.39, 0.29) is 19.6 Å². The lowest BCUT2D eigenvalue weighted by molar-refractivity contribution is -0.142. The topological polar surface area (TPSA) is 91.1 Å². The first kappa shape index (κ1) is 16.0. The van der Waals surface area contributed by atoms with Crippen molar-refractivity contribution in [3.05, 3.63) is 24.2 Å². The van der Waals surface area contributed by atoms with E-state index in [1.807, 2.05) is 0 Å². The first-order valence-electron chi connectivity index (χ1n) is 6.99. The predicted octanol–water partition coefficient (Wildman–Crippen LogP) is 1.29. The largest absolute Gasteiger partial charge is 0.480 e. The third-order valence-corrected chi connectivity index (χ3v) is 5.70. The van der Waals surface area contributed by atoms with E-state index in [0.29, 0.717) is 18.6 Å². The zero-order valence-electron chi connectivity index (χ0n) is 11.9. The van der Waals surface area contributed by atoms with Gasteiger partial charge >= 0.3 is 5.97 Å². The van der Waals surface area contributed by atoms with Crippen LogP contribution in [0.15, 0.2) is 22.8 Å². The molecule has 1 aliphatic heterocycles. The van der Waals surface area contributed by atoms with Gasteiger partial charge in [0.15, 0.2) is 0 Å². The van der Waals surface area contributed by atoms with Crippen LogP contribution >= 0.6 is 0 Å². The molecule has 0 spiro atoms. The molecule has 1 aromatic heterocycles. The molecule has 118 valence electrons. The molecule has 1 aromatic rings. The van der Waals surface area contributed by atoms with Crippen molar-refractivity contribution in [2.24, 2.45) is 0 Å². The summed E-state index contributed by atoms with van der Waals surface area (Å²) in [6, 6.07) is 2.41. The summed E-state index contributed by atoms with van der Waals surface area (Å²) in [6.45, 7) is 2.33. The minimum atomic E-state index is -3.82. The maximum absolute atomic E-state index is 12.7. The van der Waals surface area contributed by atoms with Gasteiger partial charge in [-0.3, -0.25) is 4.79 Å². The second-order valence-electron chi connectivity index (χ2n) is 4.97. The zero-order valence-corrected chi connectivity index (χ0v) is 12.8. The fourth-order valence-corrected chi connectivity index (χ4v) is 4.30. The number of hydrogen-bond acceptors (Lipinski definition) is 4. The number of aliphatic carboxylic acids is 1. The molecule has 2 rings (SSSR count). The van der Waals surface area contributed by atoms with E-state index in [1.165, 1.54) is 10.6 Å². The molecule has 1 fully saturated rings. The SMILES string of the molecule is CCN(Cc1ccco1)S(=O)(=O)N1CCCCC1C(=O)O. The van der Waals surface area contributed by atoms with Gasteiger partial charge in [0, 0.05) is 13.1 Å². The average molecular weight is 316 g/mol. The van der Waals surface area contributed by atoms with E-state index in [2.05, 4.69) is 0 Å². The Morgan fingerprint density at radius 1 is 1.52 bits per heavy atom. The molecule has 1 unspecified atom stereocenters. The van der Waals surface area contributed by atoms with Gasteiger partial charge in [0.1, 0.15) is 11.8 Å². The van der Waals surface area contributed by atoms with Crippen LogP contribution in [0.1, 0.15) is 31.9 Å². The molecular formula is C13H20N2O5S. The van der Waals surface area contributed by atoms with Gasteiger partial charge in [-0.25, -0.2) is 0 Å². The molecular weight excluding hydrogens is 296 g/mol. The van der Waals surface area contributed by atoms with Crippen molar-refractivity contribution in [1.82, 2.24) is 8.61 Å². The maximum atomic E-state index is 12.7. The molecule has 0 aliphatic carbocycles. The zero-order chi connectivity index (χ0) is 15.5. The minimum absolute atomic E-state index is 0.106. The summed E-state index contributed by atoms with van der Waals surface area (Å²) in [5, 5.41) is 9.24. The van der Waals surface area contributed by atoms with Crippen LogP contribution in [0.4, 0.5) is 0 Å². The number of rotatable bonds is 6. The molecule has 2 heterocycles. The molecule has 1 atom stereocenters. The smallest absolute Gasteiger partial charge is 0.322 e. The Morgan fingerprint density at radius 3 is 2.86 bits per heavy atom. The normalized spacial score (nSPS) is 20.8. The van der Waals surface area contributed by atoms with Crippen LogP contribution in [0.25, 0.3) is 0 Å². The summed E-state index contributed by atoms with van der Waals surface area (Å²) >= 11 is 0. The van der Waals surface area contributed by atoms with Crippen LogP contribution in [0.2, 0.25) is 0 Å². The third kappa shape index (κ3) is 3.45. The van der Waals surface area contributed by atoms with Crippen LogP contribution in [0.3, 0.4) is 0 Å².